The highest BCUT2D eigenvalue weighted by Crippen LogP contribution is 2.30. The Bertz CT molecular complexity index is 640. The third-order valence-corrected chi connectivity index (χ3v) is 5.41. The summed E-state index contributed by atoms with van der Waals surface area (Å²) in [5, 5.41) is 2.95. The first-order chi connectivity index (χ1) is 9.21. The molecule has 0 radical (unpaired) electrons. The molecule has 0 saturated carbocycles. The van der Waals surface area contributed by atoms with Gasteiger partial charge in [0.15, 0.2) is 0 Å². The third-order valence-electron chi connectivity index (χ3n) is 2.78. The van der Waals surface area contributed by atoms with E-state index < -0.39 is 9.05 Å². The second-order valence-corrected chi connectivity index (χ2v) is 10.8. The van der Waals surface area contributed by atoms with Gasteiger partial charge in [-0.2, -0.15) is 0 Å². The number of halogens is 1. The van der Waals surface area contributed by atoms with Gasteiger partial charge in [-0.3, -0.25) is 4.79 Å². The topological polar surface area (TPSA) is 63.2 Å². The highest BCUT2D eigenvalue weighted by atomic mass is 35.7. The van der Waals surface area contributed by atoms with Gasteiger partial charge in [-0.15, -0.1) is 11.3 Å². The van der Waals surface area contributed by atoms with Gasteiger partial charge in [0.1, 0.15) is 0 Å². The lowest BCUT2D eigenvalue weighted by atomic mass is 9.82. The van der Waals surface area contributed by atoms with Crippen molar-refractivity contribution < 1.29 is 13.2 Å². The van der Waals surface area contributed by atoms with Crippen molar-refractivity contribution in [2.24, 2.45) is 5.41 Å². The molecule has 0 bridgehead atoms. The quantitative estimate of drug-likeness (QED) is 0.836. The molecule has 7 heteroatoms. The molecule has 0 spiro atoms. The van der Waals surface area contributed by atoms with Gasteiger partial charge in [0.25, 0.3) is 15.0 Å². The maximum absolute atomic E-state index is 12.3. The van der Waals surface area contributed by atoms with Crippen molar-refractivity contribution in [3.63, 3.8) is 0 Å². The van der Waals surface area contributed by atoms with E-state index in [0.717, 1.165) is 17.8 Å². The van der Waals surface area contributed by atoms with Crippen molar-refractivity contribution in [3.05, 3.63) is 15.8 Å². The van der Waals surface area contributed by atoms with Gasteiger partial charge < -0.3 is 5.32 Å². The lowest BCUT2D eigenvalue weighted by Crippen LogP contribution is -2.45. The van der Waals surface area contributed by atoms with E-state index in [1.54, 1.807) is 6.92 Å². The molecule has 1 amide bonds. The number of nitrogens with one attached hydrogen (secondary N) is 1. The van der Waals surface area contributed by atoms with Gasteiger partial charge >= 0.3 is 0 Å². The van der Waals surface area contributed by atoms with Crippen LogP contribution in [0.2, 0.25) is 0 Å². The van der Waals surface area contributed by atoms with Crippen molar-refractivity contribution in [1.82, 2.24) is 5.32 Å². The monoisotopic (exact) mass is 351 g/mol. The fourth-order valence-electron chi connectivity index (χ4n) is 2.56. The van der Waals surface area contributed by atoms with Crippen LogP contribution >= 0.6 is 22.0 Å². The average Bonchev–Trinajstić information content (AvgIpc) is 2.54. The largest absolute Gasteiger partial charge is 0.346 e. The van der Waals surface area contributed by atoms with Crippen LogP contribution in [0.4, 0.5) is 0 Å². The van der Waals surface area contributed by atoms with Gasteiger partial charge in [-0.05, 0) is 38.7 Å². The molecule has 1 N–H and O–H groups in total. The van der Waals surface area contributed by atoms with Gasteiger partial charge in [0.05, 0.1) is 9.77 Å². The predicted octanol–water partition coefficient (Wildman–Crippen LogP) is 3.93. The molecule has 1 aromatic rings. The molecule has 120 valence electrons. The molecule has 0 aliphatic carbocycles. The molecule has 0 aromatic carbocycles. The van der Waals surface area contributed by atoms with E-state index in [1.165, 1.54) is 6.07 Å². The summed E-state index contributed by atoms with van der Waals surface area (Å²) in [6.45, 7) is 11.9. The van der Waals surface area contributed by atoms with Crippen LogP contribution in [-0.2, 0) is 9.05 Å². The Morgan fingerprint density at radius 1 is 1.29 bits per heavy atom. The highest BCUT2D eigenvalue weighted by Gasteiger charge is 2.28. The van der Waals surface area contributed by atoms with E-state index in [9.17, 15) is 13.2 Å². The maximum Gasteiger partial charge on any atom is 0.262 e. The Morgan fingerprint density at radius 2 is 1.81 bits per heavy atom. The number of carbonyl (C=O) groups excluding carboxylic acids is 1. The maximum atomic E-state index is 12.3. The molecule has 0 atom stereocenters. The Morgan fingerprint density at radius 3 is 2.19 bits per heavy atom. The smallest absolute Gasteiger partial charge is 0.262 e. The Balaban J connectivity index is 2.96. The molecule has 21 heavy (non-hydrogen) atoms. The van der Waals surface area contributed by atoms with Crippen molar-refractivity contribution >= 4 is 37.0 Å². The van der Waals surface area contributed by atoms with Crippen LogP contribution in [-0.4, -0.2) is 19.9 Å². The normalized spacial score (nSPS) is 13.3. The van der Waals surface area contributed by atoms with Crippen LogP contribution in [0.25, 0.3) is 0 Å². The number of rotatable bonds is 4. The lowest BCUT2D eigenvalue weighted by molar-refractivity contribution is 0.0895. The highest BCUT2D eigenvalue weighted by molar-refractivity contribution is 8.13. The van der Waals surface area contributed by atoms with Crippen LogP contribution in [0.5, 0.6) is 0 Å². The number of thiophene rings is 1. The van der Waals surface area contributed by atoms with Crippen molar-refractivity contribution in [2.45, 2.75) is 58.4 Å². The summed E-state index contributed by atoms with van der Waals surface area (Å²) in [4.78, 5) is 13.2. The fourth-order valence-corrected chi connectivity index (χ4v) is 5.12. The van der Waals surface area contributed by atoms with E-state index in [1.807, 2.05) is 13.8 Å². The van der Waals surface area contributed by atoms with E-state index in [2.05, 4.69) is 26.1 Å². The molecule has 0 aliphatic heterocycles. The van der Waals surface area contributed by atoms with E-state index in [0.29, 0.717) is 9.75 Å². The molecule has 1 heterocycles. The Labute approximate surface area is 135 Å². The van der Waals surface area contributed by atoms with Gasteiger partial charge in [-0.25, -0.2) is 8.42 Å². The van der Waals surface area contributed by atoms with Crippen molar-refractivity contribution in [3.8, 4) is 0 Å². The molecule has 4 nitrogen and oxygen atoms in total. The van der Waals surface area contributed by atoms with E-state index in [-0.39, 0.29) is 21.8 Å². The minimum atomic E-state index is -3.82. The second-order valence-electron chi connectivity index (χ2n) is 7.04. The zero-order chi connectivity index (χ0) is 16.6. The molecule has 0 saturated heterocycles. The van der Waals surface area contributed by atoms with E-state index in [4.69, 9.17) is 10.7 Å². The summed E-state index contributed by atoms with van der Waals surface area (Å²) in [6, 6.07) is 1.34. The SMILES string of the molecule is Cc1sc(C(=O)NC(C)(C)CC(C)(C)C)cc1S(=O)(=O)Cl. The first-order valence-corrected chi connectivity index (χ1v) is 9.71. The zero-order valence-corrected chi connectivity index (χ0v) is 15.6. The van der Waals surface area contributed by atoms with Crippen LogP contribution in [0.15, 0.2) is 11.0 Å². The predicted molar refractivity (Wildman–Crippen MR) is 87.7 cm³/mol. The van der Waals surface area contributed by atoms with E-state index >= 15 is 0 Å². The van der Waals surface area contributed by atoms with Crippen molar-refractivity contribution in [2.75, 3.05) is 0 Å². The molecule has 0 unspecified atom stereocenters. The molecule has 1 rings (SSSR count). The van der Waals surface area contributed by atoms with Gasteiger partial charge in [0, 0.05) is 21.1 Å². The molecule has 0 fully saturated rings. The first kappa shape index (κ1) is 18.5. The van der Waals surface area contributed by atoms with Crippen LogP contribution in [0.1, 0.15) is 55.6 Å². The Kier molecular flexibility index (Phi) is 5.18. The Hall–Kier alpha value is -0.590. The first-order valence-electron chi connectivity index (χ1n) is 6.59. The summed E-state index contributed by atoms with van der Waals surface area (Å²) in [5.41, 5.74) is -0.306. The number of carbonyl (C=O) groups is 1. The fraction of sp³-hybridized carbons (Fsp3) is 0.643. The second kappa shape index (κ2) is 5.89. The van der Waals surface area contributed by atoms with Crippen molar-refractivity contribution in [1.29, 1.82) is 0 Å². The molecule has 1 aromatic heterocycles. The van der Waals surface area contributed by atoms with Crippen LogP contribution in [0.3, 0.4) is 0 Å². The number of amides is 1. The zero-order valence-electron chi connectivity index (χ0n) is 13.2. The summed E-state index contributed by atoms with van der Waals surface area (Å²) in [7, 11) is 1.53. The average molecular weight is 352 g/mol. The van der Waals surface area contributed by atoms with Crippen LogP contribution in [0, 0.1) is 12.3 Å². The van der Waals surface area contributed by atoms with Crippen LogP contribution < -0.4 is 5.32 Å². The number of aryl methyl sites for hydroxylation is 1. The third kappa shape index (κ3) is 5.60. The van der Waals surface area contributed by atoms with Gasteiger partial charge in [-0.1, -0.05) is 20.8 Å². The minimum absolute atomic E-state index is 0.00736. The number of hydrogen-bond donors (Lipinski definition) is 1. The molecular formula is C14H22ClNO3S2. The lowest BCUT2D eigenvalue weighted by Gasteiger charge is -2.33. The minimum Gasteiger partial charge on any atom is -0.346 e. The standard InChI is InChI=1S/C14H22ClNO3S2/c1-9-11(21(15,18)19)7-10(20-9)12(17)16-14(5,6)8-13(2,3)4/h7H,8H2,1-6H3,(H,16,17). The summed E-state index contributed by atoms with van der Waals surface area (Å²) in [6.07, 6.45) is 0.802. The van der Waals surface area contributed by atoms with Gasteiger partial charge in [0.2, 0.25) is 0 Å². The summed E-state index contributed by atoms with van der Waals surface area (Å²) in [5.74, 6) is -0.274. The molecule has 0 aliphatic rings. The summed E-state index contributed by atoms with van der Waals surface area (Å²) < 4.78 is 22.8. The number of hydrogen-bond acceptors (Lipinski definition) is 4. The summed E-state index contributed by atoms with van der Waals surface area (Å²) >= 11 is 1.13. The molecular weight excluding hydrogens is 330 g/mol.